The van der Waals surface area contributed by atoms with E-state index in [0.717, 1.165) is 11.1 Å². The molecule has 2 atom stereocenters. The van der Waals surface area contributed by atoms with Gasteiger partial charge in [-0.15, -0.1) is 0 Å². The van der Waals surface area contributed by atoms with Crippen molar-refractivity contribution in [2.45, 2.75) is 30.0 Å². The molecule has 7 heteroatoms. The van der Waals surface area contributed by atoms with Crippen molar-refractivity contribution in [3.8, 4) is 5.75 Å². The first-order chi connectivity index (χ1) is 14.9. The van der Waals surface area contributed by atoms with Crippen molar-refractivity contribution in [1.82, 2.24) is 4.31 Å². The minimum absolute atomic E-state index is 0.114. The Kier molecular flexibility index (Phi) is 7.81. The Hall–Kier alpha value is -2.71. The van der Waals surface area contributed by atoms with E-state index in [9.17, 15) is 13.5 Å². The topological polar surface area (TPSA) is 92.9 Å². The molecule has 0 aromatic heterocycles. The summed E-state index contributed by atoms with van der Waals surface area (Å²) in [6, 6.07) is 24.5. The quantitative estimate of drug-likeness (QED) is 0.506. The highest BCUT2D eigenvalue weighted by atomic mass is 32.2. The van der Waals surface area contributed by atoms with Crippen molar-refractivity contribution >= 4 is 10.0 Å². The van der Waals surface area contributed by atoms with E-state index in [1.54, 1.807) is 12.1 Å². The minimum Gasteiger partial charge on any atom is -0.497 e. The zero-order chi connectivity index (χ0) is 22.3. The summed E-state index contributed by atoms with van der Waals surface area (Å²) in [6.07, 6.45) is -0.582. The summed E-state index contributed by atoms with van der Waals surface area (Å²) < 4.78 is 33.2. The highest BCUT2D eigenvalue weighted by Crippen LogP contribution is 2.22. The molecule has 0 radical (unpaired) electrons. The van der Waals surface area contributed by atoms with Crippen LogP contribution in [0.2, 0.25) is 0 Å². The van der Waals surface area contributed by atoms with Gasteiger partial charge in [0.05, 0.1) is 18.1 Å². The molecular formula is C24H28N2O4S. The normalized spacial score (nSPS) is 13.7. The first kappa shape index (κ1) is 23.0. The summed E-state index contributed by atoms with van der Waals surface area (Å²) in [5, 5.41) is 10.8. The van der Waals surface area contributed by atoms with Gasteiger partial charge < -0.3 is 15.6 Å². The smallest absolute Gasteiger partial charge is 0.243 e. The number of rotatable bonds is 10. The summed E-state index contributed by atoms with van der Waals surface area (Å²) in [5.74, 6) is 0.568. The highest BCUT2D eigenvalue weighted by molar-refractivity contribution is 7.89. The van der Waals surface area contributed by atoms with Crippen LogP contribution in [-0.2, 0) is 23.0 Å². The number of aliphatic hydroxyl groups excluding tert-OH is 1. The molecule has 0 spiro atoms. The predicted molar refractivity (Wildman–Crippen MR) is 121 cm³/mol. The van der Waals surface area contributed by atoms with Gasteiger partial charge in [-0.25, -0.2) is 8.42 Å². The fourth-order valence-electron chi connectivity index (χ4n) is 3.30. The number of hydrogen-bond acceptors (Lipinski definition) is 5. The molecule has 0 aliphatic carbocycles. The third-order valence-corrected chi connectivity index (χ3v) is 6.92. The van der Waals surface area contributed by atoms with E-state index in [-0.39, 0.29) is 18.0 Å². The van der Waals surface area contributed by atoms with Crippen LogP contribution in [0.3, 0.4) is 0 Å². The van der Waals surface area contributed by atoms with E-state index >= 15 is 0 Å². The molecule has 3 rings (SSSR count). The van der Waals surface area contributed by atoms with Crippen LogP contribution < -0.4 is 10.5 Å². The number of nitrogens with two attached hydrogens (primary N) is 1. The van der Waals surface area contributed by atoms with Crippen LogP contribution in [0.4, 0.5) is 0 Å². The summed E-state index contributed by atoms with van der Waals surface area (Å²) in [7, 11) is -2.34. The Balaban J connectivity index is 1.83. The van der Waals surface area contributed by atoms with Gasteiger partial charge in [0.25, 0.3) is 0 Å². The molecule has 0 aliphatic heterocycles. The lowest BCUT2D eigenvalue weighted by Crippen LogP contribution is -2.46. The Labute approximate surface area is 184 Å². The van der Waals surface area contributed by atoms with Crippen LogP contribution in [0.1, 0.15) is 11.1 Å². The molecule has 0 aliphatic rings. The lowest BCUT2D eigenvalue weighted by Gasteiger charge is -2.27. The van der Waals surface area contributed by atoms with Crippen LogP contribution in [-0.4, -0.2) is 43.6 Å². The largest absolute Gasteiger partial charge is 0.497 e. The van der Waals surface area contributed by atoms with Gasteiger partial charge in [-0.3, -0.25) is 0 Å². The van der Waals surface area contributed by atoms with Crippen LogP contribution in [0.15, 0.2) is 89.8 Å². The Bertz CT molecular complexity index is 1040. The third-order valence-electron chi connectivity index (χ3n) is 5.10. The van der Waals surface area contributed by atoms with Crippen molar-refractivity contribution in [2.75, 3.05) is 13.7 Å². The number of nitrogens with zero attached hydrogens (tertiary/aromatic N) is 1. The average Bonchev–Trinajstić information content (AvgIpc) is 2.80. The summed E-state index contributed by atoms with van der Waals surface area (Å²) in [4.78, 5) is 0.132. The second-order valence-electron chi connectivity index (χ2n) is 7.38. The van der Waals surface area contributed by atoms with E-state index < -0.39 is 22.2 Å². The van der Waals surface area contributed by atoms with E-state index in [1.807, 2.05) is 60.7 Å². The monoisotopic (exact) mass is 440 g/mol. The van der Waals surface area contributed by atoms with Crippen molar-refractivity contribution in [2.24, 2.45) is 5.73 Å². The van der Waals surface area contributed by atoms with Gasteiger partial charge in [-0.1, -0.05) is 60.7 Å². The third kappa shape index (κ3) is 6.15. The van der Waals surface area contributed by atoms with Crippen molar-refractivity contribution < 1.29 is 18.3 Å². The fourth-order valence-corrected chi connectivity index (χ4v) is 4.74. The SMILES string of the molecule is COc1ccc(S(=O)(=O)N(Cc2ccccc2)CC(O)C(N)Cc2ccccc2)cc1. The van der Waals surface area contributed by atoms with Gasteiger partial charge in [-0.2, -0.15) is 4.31 Å². The molecule has 0 fully saturated rings. The molecule has 0 saturated heterocycles. The number of methoxy groups -OCH3 is 1. The molecule has 3 aromatic carbocycles. The molecule has 2 unspecified atom stereocenters. The van der Waals surface area contributed by atoms with Crippen molar-refractivity contribution in [3.05, 3.63) is 96.1 Å². The van der Waals surface area contributed by atoms with E-state index in [0.29, 0.717) is 12.2 Å². The van der Waals surface area contributed by atoms with Crippen molar-refractivity contribution in [1.29, 1.82) is 0 Å². The predicted octanol–water partition coefficient (Wildman–Crippen LogP) is 2.82. The molecule has 3 N–H and O–H groups in total. The maximum Gasteiger partial charge on any atom is 0.243 e. The van der Waals surface area contributed by atoms with E-state index in [4.69, 9.17) is 10.5 Å². The molecule has 0 bridgehead atoms. The molecule has 0 saturated carbocycles. The first-order valence-electron chi connectivity index (χ1n) is 10.1. The number of ether oxygens (including phenoxy) is 1. The molecule has 0 heterocycles. The number of sulfonamides is 1. The molecule has 3 aromatic rings. The second kappa shape index (κ2) is 10.5. The maximum atomic E-state index is 13.4. The van der Waals surface area contributed by atoms with Crippen LogP contribution in [0.25, 0.3) is 0 Å². The van der Waals surface area contributed by atoms with E-state index in [1.165, 1.54) is 23.5 Å². The Morgan fingerprint density at radius 2 is 1.45 bits per heavy atom. The van der Waals surface area contributed by atoms with Gasteiger partial charge in [-0.05, 0) is 41.8 Å². The summed E-state index contributed by atoms with van der Waals surface area (Å²) >= 11 is 0. The molecule has 164 valence electrons. The molecule has 6 nitrogen and oxygen atoms in total. The summed E-state index contributed by atoms with van der Waals surface area (Å²) in [6.45, 7) is 0.0155. The van der Waals surface area contributed by atoms with Crippen LogP contribution in [0, 0.1) is 0 Å². The second-order valence-corrected chi connectivity index (χ2v) is 9.32. The van der Waals surface area contributed by atoms with E-state index in [2.05, 4.69) is 0 Å². The molecule has 0 amide bonds. The Morgan fingerprint density at radius 3 is 2.00 bits per heavy atom. The standard InChI is InChI=1S/C24H28N2O4S/c1-30-21-12-14-22(15-13-21)31(28,29)26(17-20-10-6-3-7-11-20)18-24(27)23(25)16-19-8-4-2-5-9-19/h2-15,23-24,27H,16-18,25H2,1H3. The zero-order valence-electron chi connectivity index (χ0n) is 17.5. The van der Waals surface area contributed by atoms with Gasteiger partial charge in [0.2, 0.25) is 10.0 Å². The number of aliphatic hydroxyl groups is 1. The summed E-state index contributed by atoms with van der Waals surface area (Å²) in [5.41, 5.74) is 8.03. The minimum atomic E-state index is -3.86. The lowest BCUT2D eigenvalue weighted by molar-refractivity contribution is 0.117. The van der Waals surface area contributed by atoms with Gasteiger partial charge in [0.1, 0.15) is 5.75 Å². The zero-order valence-corrected chi connectivity index (χ0v) is 18.3. The van der Waals surface area contributed by atoms with Gasteiger partial charge >= 0.3 is 0 Å². The first-order valence-corrected chi connectivity index (χ1v) is 11.5. The Morgan fingerprint density at radius 1 is 0.903 bits per heavy atom. The van der Waals surface area contributed by atoms with Crippen LogP contribution in [0.5, 0.6) is 5.75 Å². The highest BCUT2D eigenvalue weighted by Gasteiger charge is 2.29. The fraction of sp³-hybridized carbons (Fsp3) is 0.250. The molecule has 31 heavy (non-hydrogen) atoms. The van der Waals surface area contributed by atoms with Crippen LogP contribution >= 0.6 is 0 Å². The average molecular weight is 441 g/mol. The number of benzene rings is 3. The number of hydrogen-bond donors (Lipinski definition) is 2. The van der Waals surface area contributed by atoms with Crippen molar-refractivity contribution in [3.63, 3.8) is 0 Å². The van der Waals surface area contributed by atoms with Gasteiger partial charge in [0, 0.05) is 19.1 Å². The maximum absolute atomic E-state index is 13.4. The lowest BCUT2D eigenvalue weighted by atomic mass is 10.0. The van der Waals surface area contributed by atoms with Gasteiger partial charge in [0.15, 0.2) is 0 Å². The molecular weight excluding hydrogens is 412 g/mol.